The molecule has 30 heavy (non-hydrogen) atoms. The zero-order valence-corrected chi connectivity index (χ0v) is 19.6. The summed E-state index contributed by atoms with van der Waals surface area (Å²) in [5.41, 5.74) is 1.33. The second-order valence-electron chi connectivity index (χ2n) is 8.45. The van der Waals surface area contributed by atoms with Crippen LogP contribution in [-0.2, 0) is 22.6 Å². The van der Waals surface area contributed by atoms with Crippen LogP contribution in [0, 0.1) is 0 Å². The maximum Gasteiger partial charge on any atom is 0.243 e. The molecule has 2 aromatic rings. The van der Waals surface area contributed by atoms with Gasteiger partial charge in [0.2, 0.25) is 11.8 Å². The predicted octanol–water partition coefficient (Wildman–Crippen LogP) is 5.65. The van der Waals surface area contributed by atoms with Crippen LogP contribution >= 0.6 is 23.2 Å². The van der Waals surface area contributed by atoms with Crippen LogP contribution in [0.4, 0.5) is 0 Å². The zero-order chi connectivity index (χ0) is 22.3. The summed E-state index contributed by atoms with van der Waals surface area (Å²) in [5.74, 6) is -0.255. The molecule has 0 bridgehead atoms. The molecule has 0 aliphatic rings. The summed E-state index contributed by atoms with van der Waals surface area (Å²) in [5, 5.41) is 4.05. The molecule has 1 N–H and O–H groups in total. The van der Waals surface area contributed by atoms with Gasteiger partial charge in [0.15, 0.2) is 0 Å². The molecule has 0 saturated carbocycles. The number of hydrogen-bond acceptors (Lipinski definition) is 2. The SMILES string of the molecule is CCCC(=O)N(Cc1ccc(Cl)cc1Cl)[C@@H](Cc1ccccc1)C(=O)NC(C)(C)C. The van der Waals surface area contributed by atoms with Crippen molar-refractivity contribution in [2.75, 3.05) is 0 Å². The molecular formula is C24H30Cl2N2O2. The van der Waals surface area contributed by atoms with Crippen LogP contribution in [0.25, 0.3) is 0 Å². The molecule has 162 valence electrons. The van der Waals surface area contributed by atoms with Gasteiger partial charge in [-0.05, 0) is 50.5 Å². The average molecular weight is 449 g/mol. The smallest absolute Gasteiger partial charge is 0.243 e. The molecule has 2 aromatic carbocycles. The highest BCUT2D eigenvalue weighted by atomic mass is 35.5. The first-order valence-electron chi connectivity index (χ1n) is 10.2. The van der Waals surface area contributed by atoms with Crippen molar-refractivity contribution in [2.45, 2.75) is 65.1 Å². The van der Waals surface area contributed by atoms with Crippen molar-refractivity contribution in [3.05, 3.63) is 69.7 Å². The standard InChI is InChI=1S/C24H30Cl2N2O2/c1-5-9-22(29)28(16-18-12-13-19(25)15-20(18)26)21(23(30)27-24(2,3)4)14-17-10-7-6-8-11-17/h6-8,10-13,15,21H,5,9,14,16H2,1-4H3,(H,27,30)/t21-/m0/s1. The molecule has 0 aliphatic heterocycles. The van der Waals surface area contributed by atoms with E-state index in [4.69, 9.17) is 23.2 Å². The summed E-state index contributed by atoms with van der Waals surface area (Å²) in [7, 11) is 0. The van der Waals surface area contributed by atoms with E-state index in [9.17, 15) is 9.59 Å². The molecule has 0 aromatic heterocycles. The summed E-state index contributed by atoms with van der Waals surface area (Å²) in [6, 6.07) is 14.3. The summed E-state index contributed by atoms with van der Waals surface area (Å²) >= 11 is 12.4. The third-order valence-electron chi connectivity index (χ3n) is 4.59. The van der Waals surface area contributed by atoms with Gasteiger partial charge in [-0.2, -0.15) is 0 Å². The normalized spacial score (nSPS) is 12.3. The van der Waals surface area contributed by atoms with Crippen LogP contribution in [0.2, 0.25) is 10.0 Å². The Labute approximate surface area is 189 Å². The Balaban J connectivity index is 2.43. The number of amides is 2. The Morgan fingerprint density at radius 3 is 2.30 bits per heavy atom. The number of rotatable bonds is 8. The van der Waals surface area contributed by atoms with Gasteiger partial charge in [0.1, 0.15) is 6.04 Å². The number of benzene rings is 2. The van der Waals surface area contributed by atoms with Gasteiger partial charge in [-0.1, -0.05) is 66.5 Å². The van der Waals surface area contributed by atoms with Gasteiger partial charge < -0.3 is 10.2 Å². The highest BCUT2D eigenvalue weighted by Crippen LogP contribution is 2.24. The lowest BCUT2D eigenvalue weighted by molar-refractivity contribution is -0.142. The van der Waals surface area contributed by atoms with E-state index >= 15 is 0 Å². The average Bonchev–Trinajstić information content (AvgIpc) is 2.65. The Kier molecular flexibility index (Phi) is 8.75. The minimum atomic E-state index is -0.655. The predicted molar refractivity (Wildman–Crippen MR) is 124 cm³/mol. The lowest BCUT2D eigenvalue weighted by Gasteiger charge is -2.34. The first kappa shape index (κ1) is 24.2. The number of carbonyl (C=O) groups is 2. The molecule has 0 radical (unpaired) electrons. The van der Waals surface area contributed by atoms with Crippen molar-refractivity contribution in [2.24, 2.45) is 0 Å². The number of hydrogen-bond donors (Lipinski definition) is 1. The van der Waals surface area contributed by atoms with Crippen molar-refractivity contribution in [3.8, 4) is 0 Å². The zero-order valence-electron chi connectivity index (χ0n) is 18.0. The van der Waals surface area contributed by atoms with Crippen LogP contribution < -0.4 is 5.32 Å². The quantitative estimate of drug-likeness (QED) is 0.566. The Morgan fingerprint density at radius 2 is 1.73 bits per heavy atom. The maximum absolute atomic E-state index is 13.3. The van der Waals surface area contributed by atoms with Gasteiger partial charge in [0, 0.05) is 35.0 Å². The summed E-state index contributed by atoms with van der Waals surface area (Å²) in [6.45, 7) is 7.98. The Morgan fingerprint density at radius 1 is 1.07 bits per heavy atom. The fourth-order valence-corrected chi connectivity index (χ4v) is 3.67. The lowest BCUT2D eigenvalue weighted by atomic mass is 10.00. The van der Waals surface area contributed by atoms with Gasteiger partial charge in [-0.15, -0.1) is 0 Å². The van der Waals surface area contributed by atoms with Crippen LogP contribution in [0.15, 0.2) is 48.5 Å². The van der Waals surface area contributed by atoms with Crippen molar-refractivity contribution < 1.29 is 9.59 Å². The van der Waals surface area contributed by atoms with Gasteiger partial charge in [0.05, 0.1) is 0 Å². The third kappa shape index (κ3) is 7.33. The van der Waals surface area contributed by atoms with Gasteiger partial charge in [-0.3, -0.25) is 9.59 Å². The minimum Gasteiger partial charge on any atom is -0.350 e. The van der Waals surface area contributed by atoms with Crippen LogP contribution in [0.1, 0.15) is 51.7 Å². The molecule has 0 heterocycles. The van der Waals surface area contributed by atoms with Gasteiger partial charge in [-0.25, -0.2) is 0 Å². The van der Waals surface area contributed by atoms with E-state index in [1.165, 1.54) is 0 Å². The molecule has 0 aliphatic carbocycles. The maximum atomic E-state index is 13.3. The van der Waals surface area contributed by atoms with E-state index < -0.39 is 11.6 Å². The first-order valence-corrected chi connectivity index (χ1v) is 11.0. The molecule has 0 fully saturated rings. The van der Waals surface area contributed by atoms with E-state index in [0.717, 1.165) is 11.1 Å². The molecule has 0 unspecified atom stereocenters. The molecule has 0 spiro atoms. The van der Waals surface area contributed by atoms with Gasteiger partial charge >= 0.3 is 0 Å². The van der Waals surface area contributed by atoms with Crippen molar-refractivity contribution >= 4 is 35.0 Å². The van der Waals surface area contributed by atoms with Crippen LogP contribution in [0.5, 0.6) is 0 Å². The molecular weight excluding hydrogens is 419 g/mol. The Hall–Kier alpha value is -2.04. The molecule has 2 rings (SSSR count). The topological polar surface area (TPSA) is 49.4 Å². The molecule has 4 nitrogen and oxygen atoms in total. The summed E-state index contributed by atoms with van der Waals surface area (Å²) < 4.78 is 0. The first-order chi connectivity index (χ1) is 14.1. The highest BCUT2D eigenvalue weighted by molar-refractivity contribution is 6.35. The van der Waals surface area contributed by atoms with E-state index in [0.29, 0.717) is 29.3 Å². The number of nitrogens with zero attached hydrogens (tertiary/aromatic N) is 1. The fourth-order valence-electron chi connectivity index (χ4n) is 3.20. The van der Waals surface area contributed by atoms with E-state index in [-0.39, 0.29) is 18.4 Å². The van der Waals surface area contributed by atoms with E-state index in [2.05, 4.69) is 5.32 Å². The van der Waals surface area contributed by atoms with Gasteiger partial charge in [0.25, 0.3) is 0 Å². The second kappa shape index (κ2) is 10.8. The number of halogens is 2. The lowest BCUT2D eigenvalue weighted by Crippen LogP contribution is -2.54. The molecule has 2 amide bonds. The van der Waals surface area contributed by atoms with Crippen molar-refractivity contribution in [1.29, 1.82) is 0 Å². The highest BCUT2D eigenvalue weighted by Gasteiger charge is 2.32. The fraction of sp³-hybridized carbons (Fsp3) is 0.417. The summed E-state index contributed by atoms with van der Waals surface area (Å²) in [6.07, 6.45) is 1.48. The Bertz CT molecular complexity index is 863. The van der Waals surface area contributed by atoms with E-state index in [1.807, 2.05) is 58.0 Å². The van der Waals surface area contributed by atoms with Crippen molar-refractivity contribution in [1.82, 2.24) is 10.2 Å². The molecule has 6 heteroatoms. The monoisotopic (exact) mass is 448 g/mol. The minimum absolute atomic E-state index is 0.0755. The number of carbonyl (C=O) groups excluding carboxylic acids is 2. The second-order valence-corrected chi connectivity index (χ2v) is 9.30. The van der Waals surface area contributed by atoms with E-state index in [1.54, 1.807) is 23.1 Å². The largest absolute Gasteiger partial charge is 0.350 e. The molecule has 0 saturated heterocycles. The van der Waals surface area contributed by atoms with Crippen molar-refractivity contribution in [3.63, 3.8) is 0 Å². The van der Waals surface area contributed by atoms with Crippen LogP contribution in [0.3, 0.4) is 0 Å². The summed E-state index contributed by atoms with van der Waals surface area (Å²) in [4.78, 5) is 28.0. The third-order valence-corrected chi connectivity index (χ3v) is 5.18. The van der Waals surface area contributed by atoms with Crippen LogP contribution in [-0.4, -0.2) is 28.3 Å². The molecule has 1 atom stereocenters. The number of nitrogens with one attached hydrogen (secondary N) is 1.